The predicted molar refractivity (Wildman–Crippen MR) is 113 cm³/mol. The lowest BCUT2D eigenvalue weighted by atomic mass is 10.1. The third-order valence-electron chi connectivity index (χ3n) is 4.47. The normalized spacial score (nSPS) is 14.5. The average molecular weight is 435 g/mol. The number of carbonyl (C=O) groups excluding carboxylic acids is 1. The molecule has 0 aromatic heterocycles. The Morgan fingerprint density at radius 1 is 1.13 bits per heavy atom. The number of rotatable bonds is 7. The van der Waals surface area contributed by atoms with Gasteiger partial charge in [-0.2, -0.15) is 0 Å². The van der Waals surface area contributed by atoms with Crippen LogP contribution in [0, 0.1) is 0 Å². The molecule has 162 valence electrons. The van der Waals surface area contributed by atoms with Crippen LogP contribution in [-0.2, 0) is 14.8 Å². The molecular weight excluding hydrogens is 408 g/mol. The maximum Gasteiger partial charge on any atom is 0.261 e. The molecule has 30 heavy (non-hydrogen) atoms. The number of carbonyl (C=O) groups is 1. The molecule has 1 heterocycles. The van der Waals surface area contributed by atoms with Gasteiger partial charge in [-0.1, -0.05) is 6.07 Å². The molecule has 1 amide bonds. The maximum atomic E-state index is 12.9. The van der Waals surface area contributed by atoms with E-state index in [1.807, 2.05) is 13.8 Å². The predicted octanol–water partition coefficient (Wildman–Crippen LogP) is 2.76. The molecule has 0 unspecified atom stereocenters. The molecule has 8 nitrogen and oxygen atoms in total. The van der Waals surface area contributed by atoms with E-state index >= 15 is 0 Å². The minimum Gasteiger partial charge on any atom is -0.496 e. The minimum absolute atomic E-state index is 0.0323. The first-order chi connectivity index (χ1) is 14.3. The fourth-order valence-corrected chi connectivity index (χ4v) is 4.15. The third-order valence-corrected chi connectivity index (χ3v) is 5.85. The van der Waals surface area contributed by atoms with Crippen LogP contribution in [0.4, 0.5) is 5.69 Å². The van der Waals surface area contributed by atoms with Crippen LogP contribution in [0.3, 0.4) is 0 Å². The number of benzene rings is 2. The number of ether oxygens (including phenoxy) is 3. The van der Waals surface area contributed by atoms with Crippen molar-refractivity contribution in [3.63, 3.8) is 0 Å². The summed E-state index contributed by atoms with van der Waals surface area (Å²) in [4.78, 5) is 14.5. The van der Waals surface area contributed by atoms with Crippen molar-refractivity contribution in [2.24, 2.45) is 0 Å². The number of nitrogens with zero attached hydrogens (tertiary/aromatic N) is 1. The average Bonchev–Trinajstić information content (AvgIpc) is 2.73. The SMILES string of the molecule is COc1ccc(S(=O)(=O)Nc2cccc(OC(C)C)c2)cc1C(=O)N1CCOCC1. The number of amides is 1. The highest BCUT2D eigenvalue weighted by atomic mass is 32.2. The van der Waals surface area contributed by atoms with E-state index in [-0.39, 0.29) is 22.5 Å². The van der Waals surface area contributed by atoms with Gasteiger partial charge in [0.1, 0.15) is 11.5 Å². The Kier molecular flexibility index (Phi) is 6.84. The first kappa shape index (κ1) is 21.9. The summed E-state index contributed by atoms with van der Waals surface area (Å²) in [5.74, 6) is 0.584. The number of nitrogens with one attached hydrogen (secondary N) is 1. The second-order valence-corrected chi connectivity index (χ2v) is 8.75. The Morgan fingerprint density at radius 2 is 1.87 bits per heavy atom. The van der Waals surface area contributed by atoms with Gasteiger partial charge in [-0.05, 0) is 44.2 Å². The van der Waals surface area contributed by atoms with Gasteiger partial charge in [-0.3, -0.25) is 9.52 Å². The van der Waals surface area contributed by atoms with Gasteiger partial charge in [0, 0.05) is 19.2 Å². The van der Waals surface area contributed by atoms with E-state index in [4.69, 9.17) is 14.2 Å². The number of hydrogen-bond acceptors (Lipinski definition) is 6. The van der Waals surface area contributed by atoms with E-state index in [1.165, 1.54) is 25.3 Å². The number of sulfonamides is 1. The zero-order chi connectivity index (χ0) is 21.7. The van der Waals surface area contributed by atoms with Gasteiger partial charge >= 0.3 is 0 Å². The van der Waals surface area contributed by atoms with Crippen molar-refractivity contribution in [1.29, 1.82) is 0 Å². The van der Waals surface area contributed by atoms with E-state index in [2.05, 4.69) is 4.72 Å². The lowest BCUT2D eigenvalue weighted by molar-refractivity contribution is 0.0300. The summed E-state index contributed by atoms with van der Waals surface area (Å²) >= 11 is 0. The van der Waals surface area contributed by atoms with Gasteiger partial charge in [-0.15, -0.1) is 0 Å². The van der Waals surface area contributed by atoms with Crippen LogP contribution < -0.4 is 14.2 Å². The summed E-state index contributed by atoms with van der Waals surface area (Å²) in [5.41, 5.74) is 0.559. The van der Waals surface area contributed by atoms with Crippen molar-refractivity contribution in [2.75, 3.05) is 38.1 Å². The Labute approximate surface area is 176 Å². The second kappa shape index (κ2) is 9.36. The van der Waals surface area contributed by atoms with Gasteiger partial charge in [0.05, 0.1) is 42.6 Å². The van der Waals surface area contributed by atoms with Crippen LogP contribution >= 0.6 is 0 Å². The highest BCUT2D eigenvalue weighted by Crippen LogP contribution is 2.27. The van der Waals surface area contributed by atoms with Crippen molar-refractivity contribution < 1.29 is 27.4 Å². The fraction of sp³-hybridized carbons (Fsp3) is 0.381. The van der Waals surface area contributed by atoms with Gasteiger partial charge in [-0.25, -0.2) is 8.42 Å². The molecule has 0 saturated carbocycles. The van der Waals surface area contributed by atoms with E-state index in [1.54, 1.807) is 29.2 Å². The van der Waals surface area contributed by atoms with Crippen LogP contribution in [0.1, 0.15) is 24.2 Å². The molecule has 1 saturated heterocycles. The Bertz CT molecular complexity index is 1000. The molecule has 1 fully saturated rings. The molecule has 3 rings (SSSR count). The van der Waals surface area contributed by atoms with E-state index < -0.39 is 10.0 Å². The maximum absolute atomic E-state index is 12.9. The zero-order valence-corrected chi connectivity index (χ0v) is 18.1. The summed E-state index contributed by atoms with van der Waals surface area (Å²) in [7, 11) is -2.48. The molecule has 1 aliphatic rings. The van der Waals surface area contributed by atoms with E-state index in [0.717, 1.165) is 0 Å². The van der Waals surface area contributed by atoms with Gasteiger partial charge in [0.15, 0.2) is 0 Å². The summed E-state index contributed by atoms with van der Waals surface area (Å²) in [6.45, 7) is 5.56. The molecule has 0 bridgehead atoms. The molecule has 0 aliphatic carbocycles. The highest BCUT2D eigenvalue weighted by Gasteiger charge is 2.25. The van der Waals surface area contributed by atoms with E-state index in [0.29, 0.717) is 43.5 Å². The van der Waals surface area contributed by atoms with Crippen molar-refractivity contribution in [2.45, 2.75) is 24.8 Å². The Morgan fingerprint density at radius 3 is 2.53 bits per heavy atom. The number of methoxy groups -OCH3 is 1. The van der Waals surface area contributed by atoms with Crippen LogP contribution in [-0.4, -0.2) is 58.7 Å². The molecule has 1 N–H and O–H groups in total. The van der Waals surface area contributed by atoms with Gasteiger partial charge in [0.25, 0.3) is 15.9 Å². The van der Waals surface area contributed by atoms with Crippen LogP contribution in [0.5, 0.6) is 11.5 Å². The Hall–Kier alpha value is -2.78. The minimum atomic E-state index is -3.93. The van der Waals surface area contributed by atoms with Crippen LogP contribution in [0.25, 0.3) is 0 Å². The summed E-state index contributed by atoms with van der Waals surface area (Å²) in [6.07, 6.45) is -0.0350. The monoisotopic (exact) mass is 434 g/mol. The molecule has 1 aliphatic heterocycles. The quantitative estimate of drug-likeness (QED) is 0.720. The number of morpholine rings is 1. The van der Waals surface area contributed by atoms with Crippen LogP contribution in [0.2, 0.25) is 0 Å². The molecular formula is C21H26N2O6S. The largest absolute Gasteiger partial charge is 0.496 e. The first-order valence-electron chi connectivity index (χ1n) is 9.65. The molecule has 2 aromatic rings. The topological polar surface area (TPSA) is 94.2 Å². The molecule has 0 spiro atoms. The number of hydrogen-bond donors (Lipinski definition) is 1. The van der Waals surface area contributed by atoms with Crippen molar-refractivity contribution in [3.8, 4) is 11.5 Å². The summed E-state index contributed by atoms with van der Waals surface area (Å²) in [6, 6.07) is 10.9. The lowest BCUT2D eigenvalue weighted by Gasteiger charge is -2.27. The Balaban J connectivity index is 1.88. The second-order valence-electron chi connectivity index (χ2n) is 7.07. The first-order valence-corrected chi connectivity index (χ1v) is 11.1. The van der Waals surface area contributed by atoms with Gasteiger partial charge in [0.2, 0.25) is 0 Å². The van der Waals surface area contributed by atoms with Gasteiger partial charge < -0.3 is 19.1 Å². The van der Waals surface area contributed by atoms with Crippen molar-refractivity contribution in [3.05, 3.63) is 48.0 Å². The fourth-order valence-electron chi connectivity index (χ4n) is 3.08. The smallest absolute Gasteiger partial charge is 0.261 e. The third kappa shape index (κ3) is 5.22. The summed E-state index contributed by atoms with van der Waals surface area (Å²) < 4.78 is 44.6. The molecule has 9 heteroatoms. The number of anilines is 1. The summed E-state index contributed by atoms with van der Waals surface area (Å²) in [5, 5.41) is 0. The molecule has 0 atom stereocenters. The van der Waals surface area contributed by atoms with E-state index in [9.17, 15) is 13.2 Å². The van der Waals surface area contributed by atoms with Crippen molar-refractivity contribution in [1.82, 2.24) is 4.90 Å². The zero-order valence-electron chi connectivity index (χ0n) is 17.3. The molecule has 2 aromatic carbocycles. The van der Waals surface area contributed by atoms with Crippen LogP contribution in [0.15, 0.2) is 47.4 Å². The van der Waals surface area contributed by atoms with Crippen molar-refractivity contribution >= 4 is 21.6 Å². The molecule has 0 radical (unpaired) electrons. The standard InChI is InChI=1S/C21H26N2O6S/c1-15(2)29-17-6-4-5-16(13-17)22-30(25,26)18-7-8-20(27-3)19(14-18)21(24)23-9-11-28-12-10-23/h4-8,13-15,22H,9-12H2,1-3H3. The highest BCUT2D eigenvalue weighted by molar-refractivity contribution is 7.92. The lowest BCUT2D eigenvalue weighted by Crippen LogP contribution is -2.40.